The van der Waals surface area contributed by atoms with Crippen LogP contribution in [0.3, 0.4) is 0 Å². The van der Waals surface area contributed by atoms with Crippen LogP contribution in [0.15, 0.2) is 0 Å². The highest BCUT2D eigenvalue weighted by atomic mass is 15.3. The average Bonchev–Trinajstić information content (AvgIpc) is 2.78. The summed E-state index contributed by atoms with van der Waals surface area (Å²) < 4.78 is 2.35. The Bertz CT molecular complexity index is 375. The maximum atomic E-state index is 5.76. The first kappa shape index (κ1) is 13.6. The molecule has 0 aromatic carbocycles. The lowest BCUT2D eigenvalue weighted by molar-refractivity contribution is 0.321. The SMILES string of the molecule is CCc1nn(C2CCCCC2)c(CC)c1CCN. The van der Waals surface area contributed by atoms with Gasteiger partial charge in [0.1, 0.15) is 0 Å². The van der Waals surface area contributed by atoms with Crippen molar-refractivity contribution in [3.63, 3.8) is 0 Å². The van der Waals surface area contributed by atoms with Crippen LogP contribution in [0, 0.1) is 0 Å². The van der Waals surface area contributed by atoms with E-state index >= 15 is 0 Å². The van der Waals surface area contributed by atoms with Gasteiger partial charge in [0.25, 0.3) is 0 Å². The summed E-state index contributed by atoms with van der Waals surface area (Å²) >= 11 is 0. The third-order valence-electron chi connectivity index (χ3n) is 4.19. The van der Waals surface area contributed by atoms with E-state index < -0.39 is 0 Å². The van der Waals surface area contributed by atoms with Crippen LogP contribution >= 0.6 is 0 Å². The minimum Gasteiger partial charge on any atom is -0.330 e. The number of aromatic nitrogens is 2. The van der Waals surface area contributed by atoms with Gasteiger partial charge in [0.15, 0.2) is 0 Å². The van der Waals surface area contributed by atoms with Crippen LogP contribution < -0.4 is 5.73 Å². The van der Waals surface area contributed by atoms with Gasteiger partial charge in [0.2, 0.25) is 0 Å². The van der Waals surface area contributed by atoms with Gasteiger partial charge in [-0.15, -0.1) is 0 Å². The fourth-order valence-corrected chi connectivity index (χ4v) is 3.28. The Hall–Kier alpha value is -0.830. The Morgan fingerprint density at radius 2 is 1.89 bits per heavy atom. The first-order valence-corrected chi connectivity index (χ1v) is 7.61. The normalized spacial score (nSPS) is 17.3. The Morgan fingerprint density at radius 3 is 2.44 bits per heavy atom. The van der Waals surface area contributed by atoms with Gasteiger partial charge >= 0.3 is 0 Å². The summed E-state index contributed by atoms with van der Waals surface area (Å²) in [5.74, 6) is 0. The predicted octanol–water partition coefficient (Wildman–Crippen LogP) is 3.01. The first-order valence-electron chi connectivity index (χ1n) is 7.61. The molecule has 0 aliphatic heterocycles. The highest BCUT2D eigenvalue weighted by Crippen LogP contribution is 2.31. The summed E-state index contributed by atoms with van der Waals surface area (Å²) in [6.45, 7) is 5.18. The summed E-state index contributed by atoms with van der Waals surface area (Å²) in [7, 11) is 0. The lowest BCUT2D eigenvalue weighted by Gasteiger charge is -2.24. The average molecular weight is 249 g/mol. The van der Waals surface area contributed by atoms with Crippen molar-refractivity contribution in [3.8, 4) is 0 Å². The van der Waals surface area contributed by atoms with Gasteiger partial charge in [-0.05, 0) is 44.2 Å². The molecule has 3 heteroatoms. The third kappa shape index (κ3) is 2.61. The molecule has 102 valence electrons. The smallest absolute Gasteiger partial charge is 0.0657 e. The molecule has 2 N–H and O–H groups in total. The molecule has 1 aromatic heterocycles. The standard InChI is InChI=1S/C15H27N3/c1-3-14-13(10-11-16)15(4-2)18(17-14)12-8-6-5-7-9-12/h12H,3-11,16H2,1-2H3. The zero-order valence-corrected chi connectivity index (χ0v) is 11.9. The highest BCUT2D eigenvalue weighted by Gasteiger charge is 2.22. The number of rotatable bonds is 5. The summed E-state index contributed by atoms with van der Waals surface area (Å²) in [6.07, 6.45) is 9.83. The molecular formula is C15H27N3. The molecule has 1 heterocycles. The van der Waals surface area contributed by atoms with Crippen LogP contribution in [0.5, 0.6) is 0 Å². The molecule has 1 aliphatic carbocycles. The summed E-state index contributed by atoms with van der Waals surface area (Å²) in [6, 6.07) is 0.644. The van der Waals surface area contributed by atoms with Gasteiger partial charge in [-0.1, -0.05) is 33.1 Å². The minimum atomic E-state index is 0.644. The second-order valence-electron chi connectivity index (χ2n) is 5.35. The van der Waals surface area contributed by atoms with Crippen LogP contribution in [-0.4, -0.2) is 16.3 Å². The van der Waals surface area contributed by atoms with Gasteiger partial charge in [-0.3, -0.25) is 4.68 Å². The molecule has 0 saturated heterocycles. The summed E-state index contributed by atoms with van der Waals surface area (Å²) in [5, 5.41) is 4.90. The molecular weight excluding hydrogens is 222 g/mol. The van der Waals surface area contributed by atoms with E-state index in [0.717, 1.165) is 25.8 Å². The van der Waals surface area contributed by atoms with Crippen molar-refractivity contribution in [2.45, 2.75) is 71.3 Å². The lowest BCUT2D eigenvalue weighted by atomic mass is 9.95. The van der Waals surface area contributed by atoms with Crippen LogP contribution in [-0.2, 0) is 19.3 Å². The topological polar surface area (TPSA) is 43.8 Å². The maximum absolute atomic E-state index is 5.76. The van der Waals surface area contributed by atoms with E-state index in [2.05, 4.69) is 18.5 Å². The van der Waals surface area contributed by atoms with Crippen molar-refractivity contribution in [2.75, 3.05) is 6.54 Å². The molecule has 0 spiro atoms. The second kappa shape index (κ2) is 6.37. The van der Waals surface area contributed by atoms with Crippen molar-refractivity contribution in [3.05, 3.63) is 17.0 Å². The predicted molar refractivity (Wildman–Crippen MR) is 75.9 cm³/mol. The van der Waals surface area contributed by atoms with Gasteiger partial charge in [-0.25, -0.2) is 0 Å². The Morgan fingerprint density at radius 1 is 1.17 bits per heavy atom. The van der Waals surface area contributed by atoms with Crippen molar-refractivity contribution in [2.24, 2.45) is 5.73 Å². The Kier molecular flexibility index (Phi) is 4.81. The number of aryl methyl sites for hydroxylation is 1. The van der Waals surface area contributed by atoms with Gasteiger partial charge in [0.05, 0.1) is 11.7 Å². The monoisotopic (exact) mass is 249 g/mol. The molecule has 2 rings (SSSR count). The van der Waals surface area contributed by atoms with Crippen molar-refractivity contribution < 1.29 is 0 Å². The first-order chi connectivity index (χ1) is 8.81. The highest BCUT2D eigenvalue weighted by molar-refractivity contribution is 5.27. The van der Waals surface area contributed by atoms with Gasteiger partial charge in [-0.2, -0.15) is 5.10 Å². The zero-order valence-electron chi connectivity index (χ0n) is 11.9. The van der Waals surface area contributed by atoms with Crippen LogP contribution in [0.25, 0.3) is 0 Å². The van der Waals surface area contributed by atoms with Crippen LogP contribution in [0.2, 0.25) is 0 Å². The number of nitrogens with zero attached hydrogens (tertiary/aromatic N) is 2. The molecule has 1 aliphatic rings. The molecule has 1 fully saturated rings. The van der Waals surface area contributed by atoms with Crippen LogP contribution in [0.1, 0.15) is 68.9 Å². The van der Waals surface area contributed by atoms with Crippen molar-refractivity contribution in [1.82, 2.24) is 9.78 Å². The van der Waals surface area contributed by atoms with Crippen LogP contribution in [0.4, 0.5) is 0 Å². The summed E-state index contributed by atoms with van der Waals surface area (Å²) in [5.41, 5.74) is 9.93. The number of hydrogen-bond acceptors (Lipinski definition) is 2. The summed E-state index contributed by atoms with van der Waals surface area (Å²) in [4.78, 5) is 0. The van der Waals surface area contributed by atoms with E-state index in [0.29, 0.717) is 6.04 Å². The van der Waals surface area contributed by atoms with E-state index in [1.807, 2.05) is 0 Å². The molecule has 0 unspecified atom stereocenters. The molecule has 1 aromatic rings. The van der Waals surface area contributed by atoms with E-state index in [1.165, 1.54) is 49.1 Å². The molecule has 0 radical (unpaired) electrons. The lowest BCUT2D eigenvalue weighted by Crippen LogP contribution is -2.17. The molecule has 0 bridgehead atoms. The molecule has 0 amide bonds. The third-order valence-corrected chi connectivity index (χ3v) is 4.19. The van der Waals surface area contributed by atoms with Gasteiger partial charge in [0, 0.05) is 5.69 Å². The van der Waals surface area contributed by atoms with E-state index in [9.17, 15) is 0 Å². The van der Waals surface area contributed by atoms with Gasteiger partial charge < -0.3 is 5.73 Å². The molecule has 1 saturated carbocycles. The molecule has 3 nitrogen and oxygen atoms in total. The minimum absolute atomic E-state index is 0.644. The zero-order chi connectivity index (χ0) is 13.0. The van der Waals surface area contributed by atoms with Crippen molar-refractivity contribution >= 4 is 0 Å². The van der Waals surface area contributed by atoms with Crippen molar-refractivity contribution in [1.29, 1.82) is 0 Å². The van der Waals surface area contributed by atoms with E-state index in [-0.39, 0.29) is 0 Å². The quantitative estimate of drug-likeness (QED) is 0.871. The Balaban J connectivity index is 2.33. The Labute approximate surface area is 111 Å². The molecule has 18 heavy (non-hydrogen) atoms. The van der Waals surface area contributed by atoms with E-state index in [1.54, 1.807) is 0 Å². The fourth-order valence-electron chi connectivity index (χ4n) is 3.28. The second-order valence-corrected chi connectivity index (χ2v) is 5.35. The fraction of sp³-hybridized carbons (Fsp3) is 0.800. The largest absolute Gasteiger partial charge is 0.330 e. The number of hydrogen-bond donors (Lipinski definition) is 1. The molecule has 0 atom stereocenters. The van der Waals surface area contributed by atoms with E-state index in [4.69, 9.17) is 10.8 Å². The maximum Gasteiger partial charge on any atom is 0.0657 e. The number of nitrogens with two attached hydrogens (primary N) is 1.